The molecule has 3 saturated heterocycles. The highest BCUT2D eigenvalue weighted by Gasteiger charge is 2.45. The lowest BCUT2D eigenvalue weighted by Crippen LogP contribution is -2.45. The average Bonchev–Trinajstić information content (AvgIpc) is 3.45. The topological polar surface area (TPSA) is 87.5 Å². The van der Waals surface area contributed by atoms with E-state index in [1.54, 1.807) is 12.4 Å². The monoisotopic (exact) mass is 432 g/mol. The molecule has 0 aliphatic carbocycles. The molecule has 0 aromatic carbocycles. The number of piperidine rings is 1. The molecule has 3 aliphatic heterocycles. The fourth-order valence-electron chi connectivity index (χ4n) is 5.57. The van der Waals surface area contributed by atoms with E-state index in [0.717, 1.165) is 61.3 Å². The zero-order chi connectivity index (χ0) is 21.5. The lowest BCUT2D eigenvalue weighted by molar-refractivity contribution is 0.0849. The summed E-state index contributed by atoms with van der Waals surface area (Å²) in [7, 11) is 0. The van der Waals surface area contributed by atoms with Crippen LogP contribution in [0.4, 0.5) is 5.82 Å². The Kier molecular flexibility index (Phi) is 5.01. The van der Waals surface area contributed by atoms with Gasteiger partial charge < -0.3 is 14.7 Å². The number of aliphatic hydroxyl groups is 1. The Morgan fingerprint density at radius 3 is 2.50 bits per heavy atom. The molecular weight excluding hydrogens is 404 g/mol. The number of aliphatic hydroxyl groups excluding tert-OH is 1. The van der Waals surface area contributed by atoms with E-state index >= 15 is 0 Å². The fraction of sp³-hybridized carbons (Fsp3) is 0.500. The Balaban J connectivity index is 1.24. The van der Waals surface area contributed by atoms with Gasteiger partial charge in [-0.2, -0.15) is 0 Å². The van der Waals surface area contributed by atoms with E-state index in [0.29, 0.717) is 24.5 Å². The molecule has 0 amide bonds. The van der Waals surface area contributed by atoms with Gasteiger partial charge in [0, 0.05) is 49.2 Å². The van der Waals surface area contributed by atoms with Crippen molar-refractivity contribution in [3.05, 3.63) is 43.0 Å². The van der Waals surface area contributed by atoms with E-state index < -0.39 is 0 Å². The predicted octanol–water partition coefficient (Wildman–Crippen LogP) is 2.14. The van der Waals surface area contributed by atoms with Crippen LogP contribution in [0.25, 0.3) is 22.3 Å². The summed E-state index contributed by atoms with van der Waals surface area (Å²) in [5.74, 6) is 1.71. The van der Waals surface area contributed by atoms with Crippen LogP contribution in [0.3, 0.4) is 0 Å². The minimum atomic E-state index is -0.349. The smallest absolute Gasteiger partial charge is 0.162 e. The number of fused-ring (bicyclic) bond motifs is 1. The summed E-state index contributed by atoms with van der Waals surface area (Å²) in [6, 6.07) is 6.07. The molecule has 3 aromatic rings. The maximum absolute atomic E-state index is 10.2. The molecule has 2 unspecified atom stereocenters. The molecule has 0 saturated carbocycles. The second-order valence-corrected chi connectivity index (χ2v) is 9.38. The van der Waals surface area contributed by atoms with Gasteiger partial charge in [-0.3, -0.25) is 14.9 Å². The van der Waals surface area contributed by atoms with Gasteiger partial charge in [0.25, 0.3) is 0 Å². The Bertz CT molecular complexity index is 1100. The first-order valence-corrected chi connectivity index (χ1v) is 11.5. The first-order valence-electron chi connectivity index (χ1n) is 11.5. The SMILES string of the molecule is OC1COCC1N1CCC2(CCN(c3nc(-c4ccncc4)nc4cnccc34)CC2)C1. The molecule has 8 nitrogen and oxygen atoms in total. The number of aromatic nitrogens is 4. The zero-order valence-electron chi connectivity index (χ0n) is 18.1. The van der Waals surface area contributed by atoms with Crippen LogP contribution < -0.4 is 4.90 Å². The summed E-state index contributed by atoms with van der Waals surface area (Å²) < 4.78 is 5.50. The van der Waals surface area contributed by atoms with E-state index in [9.17, 15) is 5.11 Å². The number of hydrogen-bond acceptors (Lipinski definition) is 8. The lowest BCUT2D eigenvalue weighted by Gasteiger charge is -2.40. The molecule has 0 bridgehead atoms. The molecule has 166 valence electrons. The molecule has 6 rings (SSSR count). The number of anilines is 1. The molecule has 1 spiro atoms. The standard InChI is InChI=1S/C24H28N6O2/c31-21-15-32-14-20(21)30-12-6-24(16-30)4-10-29(11-5-24)23-18-3-9-26-13-19(18)27-22(28-23)17-1-7-25-8-2-17/h1-3,7-9,13,20-21,31H,4-6,10-12,14-16H2. The minimum absolute atomic E-state index is 0.161. The van der Waals surface area contributed by atoms with Crippen molar-refractivity contribution in [2.75, 3.05) is 44.3 Å². The first-order chi connectivity index (χ1) is 15.7. The highest BCUT2D eigenvalue weighted by Crippen LogP contribution is 2.43. The summed E-state index contributed by atoms with van der Waals surface area (Å²) in [5.41, 5.74) is 2.16. The fourth-order valence-corrected chi connectivity index (χ4v) is 5.57. The summed E-state index contributed by atoms with van der Waals surface area (Å²) >= 11 is 0. The minimum Gasteiger partial charge on any atom is -0.389 e. The lowest BCUT2D eigenvalue weighted by atomic mass is 9.77. The van der Waals surface area contributed by atoms with E-state index in [4.69, 9.17) is 14.7 Å². The van der Waals surface area contributed by atoms with Crippen LogP contribution in [-0.4, -0.2) is 81.5 Å². The number of rotatable bonds is 3. The third kappa shape index (κ3) is 3.52. The molecule has 3 fully saturated rings. The van der Waals surface area contributed by atoms with E-state index in [2.05, 4.69) is 19.8 Å². The largest absolute Gasteiger partial charge is 0.389 e. The Labute approximate surface area is 187 Å². The maximum atomic E-state index is 10.2. The summed E-state index contributed by atoms with van der Waals surface area (Å²) in [6.45, 7) is 5.19. The van der Waals surface area contributed by atoms with Crippen LogP contribution in [0.15, 0.2) is 43.0 Å². The van der Waals surface area contributed by atoms with Crippen LogP contribution in [0, 0.1) is 5.41 Å². The number of likely N-dealkylation sites (tertiary alicyclic amines) is 1. The highest BCUT2D eigenvalue weighted by molar-refractivity contribution is 5.90. The van der Waals surface area contributed by atoms with Crippen LogP contribution in [0.5, 0.6) is 0 Å². The molecule has 3 aromatic heterocycles. The van der Waals surface area contributed by atoms with Gasteiger partial charge in [0.1, 0.15) is 5.82 Å². The van der Waals surface area contributed by atoms with Crippen LogP contribution in [-0.2, 0) is 4.74 Å². The van der Waals surface area contributed by atoms with Gasteiger partial charge in [-0.05, 0) is 49.4 Å². The third-order valence-electron chi connectivity index (χ3n) is 7.50. The molecule has 1 N–H and O–H groups in total. The quantitative estimate of drug-likeness (QED) is 0.674. The molecule has 8 heteroatoms. The van der Waals surface area contributed by atoms with Gasteiger partial charge in [0.05, 0.1) is 37.1 Å². The van der Waals surface area contributed by atoms with Gasteiger partial charge in [-0.1, -0.05) is 0 Å². The maximum Gasteiger partial charge on any atom is 0.162 e. The number of pyridine rings is 2. The summed E-state index contributed by atoms with van der Waals surface area (Å²) in [6.07, 6.45) is 10.3. The zero-order valence-corrected chi connectivity index (χ0v) is 18.1. The summed E-state index contributed by atoms with van der Waals surface area (Å²) in [5, 5.41) is 11.3. The highest BCUT2D eigenvalue weighted by atomic mass is 16.5. The van der Waals surface area contributed by atoms with Gasteiger partial charge in [-0.15, -0.1) is 0 Å². The predicted molar refractivity (Wildman–Crippen MR) is 121 cm³/mol. The van der Waals surface area contributed by atoms with E-state index in [1.165, 1.54) is 6.42 Å². The van der Waals surface area contributed by atoms with E-state index in [-0.39, 0.29) is 12.1 Å². The van der Waals surface area contributed by atoms with Crippen molar-refractivity contribution in [1.82, 2.24) is 24.8 Å². The van der Waals surface area contributed by atoms with Crippen molar-refractivity contribution in [2.45, 2.75) is 31.4 Å². The van der Waals surface area contributed by atoms with Crippen molar-refractivity contribution in [3.63, 3.8) is 0 Å². The molecule has 32 heavy (non-hydrogen) atoms. The van der Waals surface area contributed by atoms with Crippen LogP contribution >= 0.6 is 0 Å². The number of hydrogen-bond donors (Lipinski definition) is 1. The van der Waals surface area contributed by atoms with E-state index in [1.807, 2.05) is 30.6 Å². The second-order valence-electron chi connectivity index (χ2n) is 9.38. The van der Waals surface area contributed by atoms with Gasteiger partial charge >= 0.3 is 0 Å². The number of nitrogens with zero attached hydrogens (tertiary/aromatic N) is 6. The number of ether oxygens (including phenoxy) is 1. The molecule has 6 heterocycles. The third-order valence-corrected chi connectivity index (χ3v) is 7.50. The van der Waals surface area contributed by atoms with Gasteiger partial charge in [-0.25, -0.2) is 9.97 Å². The first kappa shape index (κ1) is 20.0. The van der Waals surface area contributed by atoms with Crippen molar-refractivity contribution in [3.8, 4) is 11.4 Å². The van der Waals surface area contributed by atoms with Crippen molar-refractivity contribution < 1.29 is 9.84 Å². The molecule has 3 aliphatic rings. The van der Waals surface area contributed by atoms with Crippen LogP contribution in [0.1, 0.15) is 19.3 Å². The Morgan fingerprint density at radius 1 is 0.938 bits per heavy atom. The van der Waals surface area contributed by atoms with Crippen LogP contribution in [0.2, 0.25) is 0 Å². The van der Waals surface area contributed by atoms with Crippen molar-refractivity contribution in [1.29, 1.82) is 0 Å². The Hall–Kier alpha value is -2.68. The van der Waals surface area contributed by atoms with Gasteiger partial charge in [0.15, 0.2) is 5.82 Å². The average molecular weight is 433 g/mol. The van der Waals surface area contributed by atoms with Crippen molar-refractivity contribution in [2.24, 2.45) is 5.41 Å². The second kappa shape index (κ2) is 8.03. The molecule has 0 radical (unpaired) electrons. The normalized spacial score (nSPS) is 25.7. The summed E-state index contributed by atoms with van der Waals surface area (Å²) in [4.78, 5) is 23.0. The Morgan fingerprint density at radius 2 is 1.72 bits per heavy atom. The van der Waals surface area contributed by atoms with Crippen molar-refractivity contribution >= 4 is 16.7 Å². The molecule has 2 atom stereocenters. The van der Waals surface area contributed by atoms with Gasteiger partial charge in [0.2, 0.25) is 0 Å². The molecular formula is C24H28N6O2.